The van der Waals surface area contributed by atoms with Gasteiger partial charge < -0.3 is 15.2 Å². The number of aliphatic carboxylic acids is 1. The second-order valence-electron chi connectivity index (χ2n) is 5.93. The van der Waals surface area contributed by atoms with Crippen LogP contribution in [0.4, 0.5) is 0 Å². The van der Waals surface area contributed by atoms with Gasteiger partial charge >= 0.3 is 11.9 Å². The molecule has 3 N–H and O–H groups in total. The molecule has 0 fully saturated rings. The summed E-state index contributed by atoms with van der Waals surface area (Å²) in [5.74, 6) is -1.99. The number of aromatic carboxylic acids is 1. The lowest BCUT2D eigenvalue weighted by atomic mass is 9.97. The average Bonchev–Trinajstić information content (AvgIpc) is 2.87. The Morgan fingerprint density at radius 3 is 2.46 bits per heavy atom. The fraction of sp³-hybridized carbons (Fsp3) is 0.158. The number of fused-ring (bicyclic) bond motifs is 1. The van der Waals surface area contributed by atoms with Crippen LogP contribution >= 0.6 is 0 Å². The van der Waals surface area contributed by atoms with Crippen molar-refractivity contribution in [3.63, 3.8) is 0 Å². The van der Waals surface area contributed by atoms with E-state index in [0.717, 1.165) is 27.9 Å². The summed E-state index contributed by atoms with van der Waals surface area (Å²) in [7, 11) is 0. The zero-order chi connectivity index (χ0) is 17.4. The van der Waals surface area contributed by atoms with Crippen LogP contribution < -0.4 is 0 Å². The van der Waals surface area contributed by atoms with Crippen molar-refractivity contribution in [3.05, 3.63) is 58.7 Å². The number of carboxylic acids is 2. The van der Waals surface area contributed by atoms with Crippen molar-refractivity contribution < 1.29 is 19.8 Å². The van der Waals surface area contributed by atoms with E-state index < -0.39 is 11.9 Å². The topological polar surface area (TPSA) is 90.4 Å². The minimum absolute atomic E-state index is 0.139. The van der Waals surface area contributed by atoms with Gasteiger partial charge in [0.2, 0.25) is 0 Å². The van der Waals surface area contributed by atoms with Crippen LogP contribution in [-0.4, -0.2) is 27.1 Å². The molecule has 3 rings (SSSR count). The van der Waals surface area contributed by atoms with E-state index in [2.05, 4.69) is 4.98 Å². The van der Waals surface area contributed by atoms with E-state index in [4.69, 9.17) is 0 Å². The molecule has 24 heavy (non-hydrogen) atoms. The number of aromatic amines is 1. The minimum Gasteiger partial charge on any atom is -0.481 e. The molecule has 3 aromatic rings. The van der Waals surface area contributed by atoms with Gasteiger partial charge in [-0.2, -0.15) is 0 Å². The number of aryl methyl sites for hydroxylation is 2. The summed E-state index contributed by atoms with van der Waals surface area (Å²) in [5.41, 5.74) is 5.23. The Hall–Kier alpha value is -3.08. The Bertz CT molecular complexity index is 969. The maximum Gasteiger partial charge on any atom is 0.335 e. The summed E-state index contributed by atoms with van der Waals surface area (Å²) in [5, 5.41) is 19.1. The lowest BCUT2D eigenvalue weighted by molar-refractivity contribution is -0.136. The van der Waals surface area contributed by atoms with E-state index in [1.54, 1.807) is 6.07 Å². The number of hydrogen-bond acceptors (Lipinski definition) is 2. The molecule has 1 heterocycles. The SMILES string of the molecule is Cc1ccc(C)c(-c2[nH]c3ccc(C(=O)O)cc3c2CC(=O)O)c1. The molecule has 0 spiro atoms. The summed E-state index contributed by atoms with van der Waals surface area (Å²) < 4.78 is 0. The van der Waals surface area contributed by atoms with Gasteiger partial charge in [-0.25, -0.2) is 4.79 Å². The van der Waals surface area contributed by atoms with Crippen LogP contribution in [-0.2, 0) is 11.2 Å². The smallest absolute Gasteiger partial charge is 0.335 e. The number of carboxylic acid groups (broad SMARTS) is 2. The molecule has 0 aliphatic carbocycles. The molecule has 122 valence electrons. The van der Waals surface area contributed by atoms with Gasteiger partial charge in [0.1, 0.15) is 0 Å². The van der Waals surface area contributed by atoms with Crippen molar-refractivity contribution in [3.8, 4) is 11.3 Å². The van der Waals surface area contributed by atoms with E-state index in [0.29, 0.717) is 10.9 Å². The number of benzene rings is 2. The van der Waals surface area contributed by atoms with Gasteiger partial charge in [0.05, 0.1) is 17.7 Å². The van der Waals surface area contributed by atoms with Crippen LogP contribution in [0.5, 0.6) is 0 Å². The number of H-pyrrole nitrogens is 1. The first-order valence-electron chi connectivity index (χ1n) is 7.54. The highest BCUT2D eigenvalue weighted by atomic mass is 16.4. The van der Waals surface area contributed by atoms with Crippen LogP contribution in [0.25, 0.3) is 22.2 Å². The first kappa shape index (κ1) is 15.8. The highest BCUT2D eigenvalue weighted by Crippen LogP contribution is 2.33. The van der Waals surface area contributed by atoms with Crippen molar-refractivity contribution in [1.82, 2.24) is 4.98 Å². The monoisotopic (exact) mass is 323 g/mol. The fourth-order valence-corrected chi connectivity index (χ4v) is 2.95. The first-order chi connectivity index (χ1) is 11.4. The van der Waals surface area contributed by atoms with Gasteiger partial charge in [-0.3, -0.25) is 4.79 Å². The maximum atomic E-state index is 11.3. The third-order valence-electron chi connectivity index (χ3n) is 4.14. The third-order valence-corrected chi connectivity index (χ3v) is 4.14. The lowest BCUT2D eigenvalue weighted by Gasteiger charge is -2.08. The molecule has 0 unspecified atom stereocenters. The summed E-state index contributed by atoms with van der Waals surface area (Å²) in [4.78, 5) is 25.8. The molecular weight excluding hydrogens is 306 g/mol. The molecule has 0 aliphatic rings. The van der Waals surface area contributed by atoms with Gasteiger partial charge in [-0.15, -0.1) is 0 Å². The van der Waals surface area contributed by atoms with Gasteiger partial charge in [-0.05, 0) is 49.2 Å². The zero-order valence-corrected chi connectivity index (χ0v) is 13.4. The van der Waals surface area contributed by atoms with Crippen LogP contribution in [0.3, 0.4) is 0 Å². The molecule has 0 amide bonds. The second kappa shape index (κ2) is 5.85. The Morgan fingerprint density at radius 1 is 1.04 bits per heavy atom. The number of nitrogens with one attached hydrogen (secondary N) is 1. The van der Waals surface area contributed by atoms with E-state index in [1.165, 1.54) is 12.1 Å². The molecule has 0 bridgehead atoms. The maximum absolute atomic E-state index is 11.3. The van der Waals surface area contributed by atoms with Crippen LogP contribution in [0.1, 0.15) is 27.0 Å². The number of rotatable bonds is 4. The Balaban J connectivity index is 2.32. The highest BCUT2D eigenvalue weighted by Gasteiger charge is 2.18. The lowest BCUT2D eigenvalue weighted by Crippen LogP contribution is -2.02. The molecule has 0 saturated carbocycles. The molecule has 0 radical (unpaired) electrons. The molecular formula is C19H17NO4. The molecule has 5 heteroatoms. The summed E-state index contributed by atoms with van der Waals surface area (Å²) in [6.45, 7) is 3.94. The van der Waals surface area contributed by atoms with Gasteiger partial charge in [0.25, 0.3) is 0 Å². The van der Waals surface area contributed by atoms with Gasteiger partial charge in [-0.1, -0.05) is 17.7 Å². The van der Waals surface area contributed by atoms with Crippen molar-refractivity contribution >= 4 is 22.8 Å². The molecule has 1 aromatic heterocycles. The Morgan fingerprint density at radius 2 is 1.79 bits per heavy atom. The Labute approximate surface area is 138 Å². The van der Waals surface area contributed by atoms with E-state index in [1.807, 2.05) is 32.0 Å². The quantitative estimate of drug-likeness (QED) is 0.681. The molecule has 0 saturated heterocycles. The summed E-state index contributed by atoms with van der Waals surface area (Å²) >= 11 is 0. The van der Waals surface area contributed by atoms with Crippen molar-refractivity contribution in [2.75, 3.05) is 0 Å². The average molecular weight is 323 g/mol. The predicted molar refractivity (Wildman–Crippen MR) is 91.5 cm³/mol. The molecule has 5 nitrogen and oxygen atoms in total. The van der Waals surface area contributed by atoms with Crippen molar-refractivity contribution in [1.29, 1.82) is 0 Å². The normalized spacial score (nSPS) is 10.9. The largest absolute Gasteiger partial charge is 0.481 e. The van der Waals surface area contributed by atoms with Crippen LogP contribution in [0.15, 0.2) is 36.4 Å². The fourth-order valence-electron chi connectivity index (χ4n) is 2.95. The van der Waals surface area contributed by atoms with E-state index in [-0.39, 0.29) is 12.0 Å². The van der Waals surface area contributed by atoms with E-state index in [9.17, 15) is 19.8 Å². The zero-order valence-electron chi connectivity index (χ0n) is 13.4. The second-order valence-corrected chi connectivity index (χ2v) is 5.93. The molecule has 2 aromatic carbocycles. The van der Waals surface area contributed by atoms with Crippen LogP contribution in [0, 0.1) is 13.8 Å². The third kappa shape index (κ3) is 2.76. The van der Waals surface area contributed by atoms with Crippen molar-refractivity contribution in [2.24, 2.45) is 0 Å². The minimum atomic E-state index is -1.03. The van der Waals surface area contributed by atoms with Gasteiger partial charge in [0.15, 0.2) is 0 Å². The highest BCUT2D eigenvalue weighted by molar-refractivity contribution is 5.99. The Kier molecular flexibility index (Phi) is 3.85. The summed E-state index contributed by atoms with van der Waals surface area (Å²) in [6.07, 6.45) is -0.175. The predicted octanol–water partition coefficient (Wildman–Crippen LogP) is 3.78. The number of carbonyl (C=O) groups is 2. The van der Waals surface area contributed by atoms with Crippen molar-refractivity contribution in [2.45, 2.75) is 20.3 Å². The van der Waals surface area contributed by atoms with E-state index >= 15 is 0 Å². The molecule has 0 atom stereocenters. The first-order valence-corrected chi connectivity index (χ1v) is 7.54. The van der Waals surface area contributed by atoms with Gasteiger partial charge in [0, 0.05) is 16.5 Å². The van der Waals surface area contributed by atoms with Crippen LogP contribution in [0.2, 0.25) is 0 Å². The number of aromatic nitrogens is 1. The molecule has 0 aliphatic heterocycles. The standard InChI is InChI=1S/C19H17NO4/c1-10-3-4-11(2)13(7-10)18-15(9-17(21)22)14-8-12(19(23)24)5-6-16(14)20-18/h3-8,20H,9H2,1-2H3,(H,21,22)(H,23,24). The summed E-state index contributed by atoms with van der Waals surface area (Å²) in [6, 6.07) is 10.7. The number of hydrogen-bond donors (Lipinski definition) is 3.